The highest BCUT2D eigenvalue weighted by atomic mass is 16.5. The van der Waals surface area contributed by atoms with Gasteiger partial charge in [-0.3, -0.25) is 4.57 Å². The van der Waals surface area contributed by atoms with Crippen molar-refractivity contribution in [2.45, 2.75) is 5.92 Å². The van der Waals surface area contributed by atoms with E-state index in [4.69, 9.17) is 4.74 Å². The molecule has 2 heterocycles. The van der Waals surface area contributed by atoms with Gasteiger partial charge in [-0.05, 0) is 12.1 Å². The van der Waals surface area contributed by atoms with Crippen LogP contribution in [-0.2, 0) is 0 Å². The van der Waals surface area contributed by atoms with Gasteiger partial charge in [-0.15, -0.1) is 0 Å². The fourth-order valence-electron chi connectivity index (χ4n) is 2.32. The number of nitriles is 1. The number of hydrogen-bond donors (Lipinski definition) is 1. The van der Waals surface area contributed by atoms with Crippen molar-refractivity contribution in [2.24, 2.45) is 0 Å². The molecule has 0 saturated carbocycles. The molecule has 5 nitrogen and oxygen atoms in total. The van der Waals surface area contributed by atoms with E-state index >= 15 is 0 Å². The van der Waals surface area contributed by atoms with Crippen LogP contribution in [0.4, 0.5) is 0 Å². The van der Waals surface area contributed by atoms with Crippen LogP contribution in [0.1, 0.15) is 17.2 Å². The molecule has 19 heavy (non-hydrogen) atoms. The van der Waals surface area contributed by atoms with E-state index in [2.05, 4.69) is 16.4 Å². The maximum absolute atomic E-state index is 9.29. The summed E-state index contributed by atoms with van der Waals surface area (Å²) < 4.78 is 7.34. The SMILES string of the molecule is COc1cccc(C#N)c1-n1cncc1C1CNC1. The average molecular weight is 254 g/mol. The topological polar surface area (TPSA) is 62.9 Å². The van der Waals surface area contributed by atoms with Crippen molar-refractivity contribution >= 4 is 0 Å². The molecule has 5 heteroatoms. The first-order valence-electron chi connectivity index (χ1n) is 6.15. The first-order valence-corrected chi connectivity index (χ1v) is 6.15. The Balaban J connectivity index is 2.16. The van der Waals surface area contributed by atoms with E-state index in [1.807, 2.05) is 22.9 Å². The van der Waals surface area contributed by atoms with Crippen molar-refractivity contribution in [2.75, 3.05) is 20.2 Å². The van der Waals surface area contributed by atoms with Crippen LogP contribution in [-0.4, -0.2) is 29.8 Å². The number of nitrogens with one attached hydrogen (secondary N) is 1. The molecule has 0 bridgehead atoms. The number of hydrogen-bond acceptors (Lipinski definition) is 4. The number of para-hydroxylation sites is 1. The van der Waals surface area contributed by atoms with Crippen LogP contribution in [0.15, 0.2) is 30.7 Å². The van der Waals surface area contributed by atoms with Crippen LogP contribution in [0.25, 0.3) is 5.69 Å². The maximum atomic E-state index is 9.29. The Hall–Kier alpha value is -2.32. The lowest BCUT2D eigenvalue weighted by atomic mass is 9.99. The highest BCUT2D eigenvalue weighted by Crippen LogP contribution is 2.30. The van der Waals surface area contributed by atoms with E-state index in [-0.39, 0.29) is 0 Å². The van der Waals surface area contributed by atoms with Crippen LogP contribution in [0.5, 0.6) is 5.75 Å². The Bertz CT molecular complexity index is 637. The summed E-state index contributed by atoms with van der Waals surface area (Å²) in [6, 6.07) is 7.69. The summed E-state index contributed by atoms with van der Waals surface area (Å²) in [5.41, 5.74) is 2.47. The molecule has 96 valence electrons. The lowest BCUT2D eigenvalue weighted by molar-refractivity contribution is 0.408. The fourth-order valence-corrected chi connectivity index (χ4v) is 2.32. The predicted octanol–water partition coefficient (Wildman–Crippen LogP) is 1.44. The number of nitrogens with zero attached hydrogens (tertiary/aromatic N) is 3. The highest BCUT2D eigenvalue weighted by Gasteiger charge is 2.24. The van der Waals surface area contributed by atoms with Crippen LogP contribution in [0.2, 0.25) is 0 Å². The Kier molecular flexibility index (Phi) is 2.94. The molecular formula is C14H14N4O. The van der Waals surface area contributed by atoms with Gasteiger partial charge >= 0.3 is 0 Å². The molecule has 1 fully saturated rings. The van der Waals surface area contributed by atoms with Crippen molar-refractivity contribution in [1.82, 2.24) is 14.9 Å². The van der Waals surface area contributed by atoms with Gasteiger partial charge in [-0.2, -0.15) is 5.26 Å². The molecule has 0 radical (unpaired) electrons. The van der Waals surface area contributed by atoms with Crippen molar-refractivity contribution < 1.29 is 4.74 Å². The van der Waals surface area contributed by atoms with Gasteiger partial charge in [0.25, 0.3) is 0 Å². The normalized spacial score (nSPS) is 14.7. The molecule has 0 aliphatic carbocycles. The monoisotopic (exact) mass is 254 g/mol. The Labute approximate surface area is 111 Å². The third kappa shape index (κ3) is 1.86. The Morgan fingerprint density at radius 1 is 1.47 bits per heavy atom. The molecule has 1 aromatic carbocycles. The van der Waals surface area contributed by atoms with E-state index in [1.165, 1.54) is 0 Å². The summed E-state index contributed by atoms with van der Waals surface area (Å²) in [4.78, 5) is 4.22. The van der Waals surface area contributed by atoms with Crippen LogP contribution in [0.3, 0.4) is 0 Å². The summed E-state index contributed by atoms with van der Waals surface area (Å²) >= 11 is 0. The number of aromatic nitrogens is 2. The highest BCUT2D eigenvalue weighted by molar-refractivity contribution is 5.58. The molecule has 1 saturated heterocycles. The second-order valence-corrected chi connectivity index (χ2v) is 4.51. The van der Waals surface area contributed by atoms with Gasteiger partial charge in [0.1, 0.15) is 17.5 Å². The first kappa shape index (κ1) is 11.8. The number of ether oxygens (including phenoxy) is 1. The molecule has 1 aromatic heterocycles. The van der Waals surface area contributed by atoms with E-state index in [0.29, 0.717) is 17.2 Å². The lowest BCUT2D eigenvalue weighted by Crippen LogP contribution is -2.40. The number of methoxy groups -OCH3 is 1. The van der Waals surface area contributed by atoms with E-state index < -0.39 is 0 Å². The molecule has 1 aliphatic rings. The summed E-state index contributed by atoms with van der Waals surface area (Å²) in [6.45, 7) is 1.89. The third-order valence-corrected chi connectivity index (χ3v) is 3.45. The summed E-state index contributed by atoms with van der Waals surface area (Å²) in [5.74, 6) is 1.13. The summed E-state index contributed by atoms with van der Waals surface area (Å²) in [5, 5.41) is 12.5. The molecule has 0 atom stereocenters. The lowest BCUT2D eigenvalue weighted by Gasteiger charge is -2.28. The Morgan fingerprint density at radius 3 is 2.95 bits per heavy atom. The van der Waals surface area contributed by atoms with Gasteiger partial charge in [0.15, 0.2) is 0 Å². The molecule has 0 unspecified atom stereocenters. The zero-order valence-corrected chi connectivity index (χ0v) is 10.6. The van der Waals surface area contributed by atoms with Crippen molar-refractivity contribution in [1.29, 1.82) is 5.26 Å². The summed E-state index contributed by atoms with van der Waals surface area (Å²) in [7, 11) is 1.61. The number of imidazole rings is 1. The molecule has 0 amide bonds. The van der Waals surface area contributed by atoms with Crippen LogP contribution < -0.4 is 10.1 Å². The van der Waals surface area contributed by atoms with Gasteiger partial charge in [0.05, 0.1) is 19.0 Å². The van der Waals surface area contributed by atoms with Gasteiger partial charge in [-0.25, -0.2) is 4.98 Å². The molecular weight excluding hydrogens is 240 g/mol. The molecule has 3 rings (SSSR count). The maximum Gasteiger partial charge on any atom is 0.144 e. The molecule has 1 aliphatic heterocycles. The number of rotatable bonds is 3. The van der Waals surface area contributed by atoms with Crippen LogP contribution >= 0.6 is 0 Å². The Morgan fingerprint density at radius 2 is 2.32 bits per heavy atom. The predicted molar refractivity (Wildman–Crippen MR) is 70.4 cm³/mol. The fraction of sp³-hybridized carbons (Fsp3) is 0.286. The second kappa shape index (κ2) is 4.75. The standard InChI is InChI=1S/C14H14N4O/c1-19-13-4-2-3-10(5-15)14(13)18-9-17-8-12(18)11-6-16-7-11/h2-4,8-9,11,16H,6-7H2,1H3. The second-order valence-electron chi connectivity index (χ2n) is 4.51. The average Bonchev–Trinajstić information content (AvgIpc) is 2.84. The van der Waals surface area contributed by atoms with Gasteiger partial charge < -0.3 is 10.1 Å². The molecule has 2 aromatic rings. The van der Waals surface area contributed by atoms with Gasteiger partial charge in [-0.1, -0.05) is 6.07 Å². The molecule has 1 N–H and O–H groups in total. The van der Waals surface area contributed by atoms with Crippen molar-refractivity contribution in [3.05, 3.63) is 42.0 Å². The van der Waals surface area contributed by atoms with E-state index in [0.717, 1.165) is 24.5 Å². The minimum atomic E-state index is 0.443. The van der Waals surface area contributed by atoms with Crippen molar-refractivity contribution in [3.8, 4) is 17.5 Å². The minimum absolute atomic E-state index is 0.443. The van der Waals surface area contributed by atoms with Gasteiger partial charge in [0.2, 0.25) is 0 Å². The van der Waals surface area contributed by atoms with E-state index in [1.54, 1.807) is 19.5 Å². The van der Waals surface area contributed by atoms with Crippen LogP contribution in [0, 0.1) is 11.3 Å². The van der Waals surface area contributed by atoms with Crippen molar-refractivity contribution in [3.63, 3.8) is 0 Å². The minimum Gasteiger partial charge on any atom is -0.495 e. The number of benzene rings is 1. The largest absolute Gasteiger partial charge is 0.495 e. The molecule has 0 spiro atoms. The van der Waals surface area contributed by atoms with E-state index in [9.17, 15) is 5.26 Å². The third-order valence-electron chi connectivity index (χ3n) is 3.45. The zero-order chi connectivity index (χ0) is 13.2. The quantitative estimate of drug-likeness (QED) is 0.900. The van der Waals surface area contributed by atoms with Gasteiger partial charge in [0, 0.05) is 30.9 Å². The first-order chi connectivity index (χ1) is 9.35. The smallest absolute Gasteiger partial charge is 0.144 e. The zero-order valence-electron chi connectivity index (χ0n) is 10.6. The summed E-state index contributed by atoms with van der Waals surface area (Å²) in [6.07, 6.45) is 3.60.